The van der Waals surface area contributed by atoms with E-state index < -0.39 is 0 Å². The van der Waals surface area contributed by atoms with Gasteiger partial charge in [-0.2, -0.15) is 0 Å². The molecule has 0 amide bonds. The number of aliphatic hydroxyl groups excluding tert-OH is 1. The highest BCUT2D eigenvalue weighted by Crippen LogP contribution is 2.28. The summed E-state index contributed by atoms with van der Waals surface area (Å²) in [6.07, 6.45) is 1.88. The quantitative estimate of drug-likeness (QED) is 0.801. The van der Waals surface area contributed by atoms with E-state index in [0.29, 0.717) is 0 Å². The van der Waals surface area contributed by atoms with Gasteiger partial charge in [0, 0.05) is 5.38 Å². The van der Waals surface area contributed by atoms with Crippen molar-refractivity contribution in [2.75, 3.05) is 0 Å². The number of hydrogen-bond acceptors (Lipinski definition) is 4. The van der Waals surface area contributed by atoms with E-state index >= 15 is 0 Å². The average Bonchev–Trinajstić information content (AvgIpc) is 3.00. The summed E-state index contributed by atoms with van der Waals surface area (Å²) in [6, 6.07) is 7.99. The Balaban J connectivity index is 2.00. The fourth-order valence-corrected chi connectivity index (χ4v) is 3.05. The molecular weight excluding hydrogens is 272 g/mol. The number of nitrogens with zero attached hydrogens (tertiary/aromatic N) is 2. The lowest BCUT2D eigenvalue weighted by Gasteiger charge is -2.10. The van der Waals surface area contributed by atoms with E-state index in [1.807, 2.05) is 42.5 Å². The molecule has 4 nitrogen and oxygen atoms in total. The van der Waals surface area contributed by atoms with Crippen molar-refractivity contribution in [3.05, 3.63) is 41.5 Å². The maximum absolute atomic E-state index is 9.38. The Morgan fingerprint density at radius 1 is 1.30 bits per heavy atom. The molecule has 0 fully saturated rings. The van der Waals surface area contributed by atoms with Gasteiger partial charge in [0.25, 0.3) is 0 Å². The topological polar surface area (TPSA) is 46.8 Å². The third-order valence-electron chi connectivity index (χ3n) is 3.00. The highest BCUT2D eigenvalue weighted by molar-refractivity contribution is 7.15. The van der Waals surface area contributed by atoms with Crippen molar-refractivity contribution in [2.45, 2.75) is 26.6 Å². The van der Waals surface area contributed by atoms with Crippen molar-refractivity contribution in [3.8, 4) is 17.0 Å². The Morgan fingerprint density at radius 3 is 2.70 bits per heavy atom. The van der Waals surface area contributed by atoms with Crippen LogP contribution in [0.3, 0.4) is 0 Å². The Kier molecular flexibility index (Phi) is 3.46. The third kappa shape index (κ3) is 2.30. The molecule has 0 spiro atoms. The molecule has 0 aliphatic carbocycles. The third-order valence-corrected chi connectivity index (χ3v) is 3.84. The predicted molar refractivity (Wildman–Crippen MR) is 80.2 cm³/mol. The molecule has 5 heteroatoms. The van der Waals surface area contributed by atoms with Crippen molar-refractivity contribution < 1.29 is 9.84 Å². The smallest absolute Gasteiger partial charge is 0.194 e. The van der Waals surface area contributed by atoms with Crippen LogP contribution in [-0.4, -0.2) is 20.6 Å². The standard InChI is InChI=1S/C15H16N2O2S/c1-10(2)19-13-5-3-11(4-6-13)14-9-20-15-16-7-12(8-18)17(14)15/h3-7,9-10,18H,8H2,1-2H3. The van der Waals surface area contributed by atoms with Crippen molar-refractivity contribution in [3.63, 3.8) is 0 Å². The minimum atomic E-state index is -0.0144. The monoisotopic (exact) mass is 288 g/mol. The fraction of sp³-hybridized carbons (Fsp3) is 0.267. The number of ether oxygens (including phenoxy) is 1. The summed E-state index contributed by atoms with van der Waals surface area (Å²) in [5, 5.41) is 11.4. The summed E-state index contributed by atoms with van der Waals surface area (Å²) in [5.74, 6) is 0.864. The Hall–Kier alpha value is -1.85. The summed E-state index contributed by atoms with van der Waals surface area (Å²) in [4.78, 5) is 5.18. The minimum Gasteiger partial charge on any atom is -0.491 e. The zero-order valence-corrected chi connectivity index (χ0v) is 12.2. The van der Waals surface area contributed by atoms with Crippen LogP contribution in [0.4, 0.5) is 0 Å². The maximum atomic E-state index is 9.38. The van der Waals surface area contributed by atoms with Crippen LogP contribution >= 0.6 is 11.3 Å². The highest BCUT2D eigenvalue weighted by Gasteiger charge is 2.11. The number of aliphatic hydroxyl groups is 1. The van der Waals surface area contributed by atoms with Crippen LogP contribution in [0.15, 0.2) is 35.8 Å². The van der Waals surface area contributed by atoms with Gasteiger partial charge in [-0.25, -0.2) is 4.98 Å². The van der Waals surface area contributed by atoms with Crippen LogP contribution in [0, 0.1) is 0 Å². The maximum Gasteiger partial charge on any atom is 0.194 e. The Bertz CT molecular complexity index is 713. The summed E-state index contributed by atoms with van der Waals surface area (Å²) < 4.78 is 7.64. The molecule has 20 heavy (non-hydrogen) atoms. The van der Waals surface area contributed by atoms with Crippen LogP contribution in [0.1, 0.15) is 19.5 Å². The van der Waals surface area contributed by atoms with E-state index in [1.165, 1.54) is 0 Å². The van der Waals surface area contributed by atoms with E-state index in [2.05, 4.69) is 10.4 Å². The first-order chi connectivity index (χ1) is 9.69. The lowest BCUT2D eigenvalue weighted by Crippen LogP contribution is -2.05. The van der Waals surface area contributed by atoms with Crippen molar-refractivity contribution in [1.29, 1.82) is 0 Å². The van der Waals surface area contributed by atoms with Crippen molar-refractivity contribution in [2.24, 2.45) is 0 Å². The second-order valence-corrected chi connectivity index (χ2v) is 5.67. The van der Waals surface area contributed by atoms with E-state index in [1.54, 1.807) is 17.5 Å². The number of imidazole rings is 1. The van der Waals surface area contributed by atoms with Gasteiger partial charge in [-0.15, -0.1) is 11.3 Å². The SMILES string of the molecule is CC(C)Oc1ccc(-c2csc3ncc(CO)n23)cc1. The van der Waals surface area contributed by atoms with Crippen molar-refractivity contribution >= 4 is 16.3 Å². The number of rotatable bonds is 4. The van der Waals surface area contributed by atoms with Crippen LogP contribution in [0.5, 0.6) is 5.75 Å². The highest BCUT2D eigenvalue weighted by atomic mass is 32.1. The molecule has 3 rings (SSSR count). The average molecular weight is 288 g/mol. The van der Waals surface area contributed by atoms with E-state index in [-0.39, 0.29) is 12.7 Å². The first kappa shape index (κ1) is 13.1. The van der Waals surface area contributed by atoms with Crippen molar-refractivity contribution in [1.82, 2.24) is 9.38 Å². The molecule has 0 atom stereocenters. The lowest BCUT2D eigenvalue weighted by molar-refractivity contribution is 0.242. The molecule has 0 aliphatic rings. The zero-order chi connectivity index (χ0) is 14.1. The molecular formula is C15H16N2O2S. The van der Waals surface area contributed by atoms with Gasteiger partial charge in [0.2, 0.25) is 0 Å². The van der Waals surface area contributed by atoms with Crippen LogP contribution in [-0.2, 0) is 6.61 Å². The van der Waals surface area contributed by atoms with Gasteiger partial charge >= 0.3 is 0 Å². The molecule has 0 unspecified atom stereocenters. The fourth-order valence-electron chi connectivity index (χ4n) is 2.16. The molecule has 3 aromatic rings. The number of benzene rings is 1. The first-order valence-corrected chi connectivity index (χ1v) is 7.39. The number of hydrogen-bond donors (Lipinski definition) is 1. The van der Waals surface area contributed by atoms with Gasteiger partial charge in [-0.05, 0) is 43.7 Å². The molecule has 0 saturated heterocycles. The van der Waals surface area contributed by atoms with E-state index in [4.69, 9.17) is 4.74 Å². The first-order valence-electron chi connectivity index (χ1n) is 6.51. The van der Waals surface area contributed by atoms with Gasteiger partial charge in [0.1, 0.15) is 5.75 Å². The number of aromatic nitrogens is 2. The largest absolute Gasteiger partial charge is 0.491 e. The summed E-state index contributed by atoms with van der Waals surface area (Å²) in [5.41, 5.74) is 2.93. The summed E-state index contributed by atoms with van der Waals surface area (Å²) in [7, 11) is 0. The van der Waals surface area contributed by atoms with Gasteiger partial charge < -0.3 is 9.84 Å². The lowest BCUT2D eigenvalue weighted by atomic mass is 10.1. The summed E-state index contributed by atoms with van der Waals surface area (Å²) >= 11 is 1.57. The minimum absolute atomic E-state index is 0.0144. The molecule has 0 radical (unpaired) electrons. The molecule has 0 aliphatic heterocycles. The molecule has 104 valence electrons. The van der Waals surface area contributed by atoms with Gasteiger partial charge in [0.15, 0.2) is 4.96 Å². The number of fused-ring (bicyclic) bond motifs is 1. The molecule has 0 saturated carbocycles. The second kappa shape index (κ2) is 5.26. The van der Waals surface area contributed by atoms with Gasteiger partial charge in [-0.3, -0.25) is 4.40 Å². The molecule has 1 N–H and O–H groups in total. The van der Waals surface area contributed by atoms with Gasteiger partial charge in [-0.1, -0.05) is 0 Å². The Morgan fingerprint density at radius 2 is 2.05 bits per heavy atom. The molecule has 2 heterocycles. The summed E-state index contributed by atoms with van der Waals surface area (Å²) in [6.45, 7) is 4.00. The molecule has 0 bridgehead atoms. The van der Waals surface area contributed by atoms with Crippen LogP contribution in [0.25, 0.3) is 16.2 Å². The second-order valence-electron chi connectivity index (χ2n) is 4.84. The Labute approximate surface area is 121 Å². The van der Waals surface area contributed by atoms with E-state index in [9.17, 15) is 5.11 Å². The normalized spacial score (nSPS) is 11.4. The van der Waals surface area contributed by atoms with Crippen LogP contribution in [0.2, 0.25) is 0 Å². The van der Waals surface area contributed by atoms with Gasteiger partial charge in [0.05, 0.1) is 30.3 Å². The molecule has 2 aromatic heterocycles. The molecule has 1 aromatic carbocycles. The van der Waals surface area contributed by atoms with E-state index in [0.717, 1.165) is 27.7 Å². The predicted octanol–water partition coefficient (Wildman–Crippen LogP) is 3.34. The zero-order valence-electron chi connectivity index (χ0n) is 11.4. The van der Waals surface area contributed by atoms with Crippen LogP contribution < -0.4 is 4.74 Å². The number of thiazole rings is 1.